The maximum Gasteiger partial charge on any atom is 0.0699 e. The van der Waals surface area contributed by atoms with Gasteiger partial charge < -0.3 is 10.5 Å². The van der Waals surface area contributed by atoms with Crippen molar-refractivity contribution in [2.24, 2.45) is 5.73 Å². The highest BCUT2D eigenvalue weighted by molar-refractivity contribution is 4.79. The lowest BCUT2D eigenvalue weighted by molar-refractivity contribution is 0.0498. The smallest absolute Gasteiger partial charge is 0.0699 e. The van der Waals surface area contributed by atoms with Gasteiger partial charge in [0.2, 0.25) is 0 Å². The summed E-state index contributed by atoms with van der Waals surface area (Å²) in [7, 11) is 0. The number of rotatable bonds is 3. The molecule has 0 aromatic heterocycles. The lowest BCUT2D eigenvalue weighted by Gasteiger charge is -2.30. The van der Waals surface area contributed by atoms with E-state index < -0.39 is 0 Å². The van der Waals surface area contributed by atoms with Crippen LogP contribution in [0, 0.1) is 0 Å². The van der Waals surface area contributed by atoms with Gasteiger partial charge in [-0.25, -0.2) is 0 Å². The van der Waals surface area contributed by atoms with E-state index in [0.29, 0.717) is 6.10 Å². The lowest BCUT2D eigenvalue weighted by atomic mass is 10.1. The second-order valence-electron chi connectivity index (χ2n) is 4.98. The van der Waals surface area contributed by atoms with E-state index in [2.05, 4.69) is 25.7 Å². The monoisotopic (exact) mass is 200 g/mol. The molecule has 0 aliphatic carbocycles. The molecule has 3 nitrogen and oxygen atoms in total. The summed E-state index contributed by atoms with van der Waals surface area (Å²) in [6.45, 7) is 10.4. The normalized spacial score (nSPS) is 26.1. The maximum absolute atomic E-state index is 6.02. The first-order valence-corrected chi connectivity index (χ1v) is 5.64. The molecule has 1 aliphatic rings. The van der Waals surface area contributed by atoms with Crippen LogP contribution >= 0.6 is 0 Å². The molecule has 0 radical (unpaired) electrons. The Bertz CT molecular complexity index is 165. The van der Waals surface area contributed by atoms with Gasteiger partial charge in [-0.3, -0.25) is 4.90 Å². The van der Waals surface area contributed by atoms with Crippen molar-refractivity contribution in [2.45, 2.75) is 45.3 Å². The summed E-state index contributed by atoms with van der Waals surface area (Å²) in [6.07, 6.45) is 2.63. The molecule has 0 saturated carbocycles. The quantitative estimate of drug-likeness (QED) is 0.744. The van der Waals surface area contributed by atoms with E-state index in [1.807, 2.05) is 0 Å². The third-order valence-corrected chi connectivity index (χ3v) is 2.52. The molecule has 3 heteroatoms. The van der Waals surface area contributed by atoms with Crippen LogP contribution in [0.5, 0.6) is 0 Å². The Hall–Kier alpha value is -0.120. The van der Waals surface area contributed by atoms with Crippen molar-refractivity contribution in [1.29, 1.82) is 0 Å². The topological polar surface area (TPSA) is 38.5 Å². The number of nitrogens with zero attached hydrogens (tertiary/aromatic N) is 1. The van der Waals surface area contributed by atoms with Gasteiger partial charge in [0, 0.05) is 31.8 Å². The minimum absolute atomic E-state index is 0.0946. The predicted molar refractivity (Wildman–Crippen MR) is 59.4 cm³/mol. The van der Waals surface area contributed by atoms with Gasteiger partial charge in [-0.05, 0) is 26.7 Å². The molecule has 0 amide bonds. The zero-order valence-corrected chi connectivity index (χ0v) is 9.75. The van der Waals surface area contributed by atoms with Crippen molar-refractivity contribution >= 4 is 0 Å². The van der Waals surface area contributed by atoms with Crippen LogP contribution in [0.1, 0.15) is 33.6 Å². The van der Waals surface area contributed by atoms with Gasteiger partial charge in [0.25, 0.3) is 0 Å². The van der Waals surface area contributed by atoms with Crippen molar-refractivity contribution in [2.75, 3.05) is 26.2 Å². The minimum atomic E-state index is -0.0946. The fourth-order valence-electron chi connectivity index (χ4n) is 1.94. The molecule has 0 aromatic carbocycles. The standard InChI is InChI=1S/C11H24N2O/c1-4-10-8-13(6-5-7-14-10)9-11(2,3)12/h10H,4-9,12H2,1-3H3. The van der Waals surface area contributed by atoms with Crippen LogP contribution in [0.3, 0.4) is 0 Å². The highest BCUT2D eigenvalue weighted by Gasteiger charge is 2.21. The van der Waals surface area contributed by atoms with Crippen LogP contribution in [0.15, 0.2) is 0 Å². The molecule has 0 aromatic rings. The van der Waals surface area contributed by atoms with Gasteiger partial charge in [-0.2, -0.15) is 0 Å². The summed E-state index contributed by atoms with van der Waals surface area (Å²) in [5, 5.41) is 0. The molecule has 1 heterocycles. The summed E-state index contributed by atoms with van der Waals surface area (Å²) < 4.78 is 5.71. The lowest BCUT2D eigenvalue weighted by Crippen LogP contribution is -2.47. The first-order valence-electron chi connectivity index (χ1n) is 5.64. The number of hydrogen-bond acceptors (Lipinski definition) is 3. The van der Waals surface area contributed by atoms with E-state index in [1.54, 1.807) is 0 Å². The average Bonchev–Trinajstić information content (AvgIpc) is 2.26. The fourth-order valence-corrected chi connectivity index (χ4v) is 1.94. The van der Waals surface area contributed by atoms with Gasteiger partial charge in [0.15, 0.2) is 0 Å². The van der Waals surface area contributed by atoms with E-state index in [0.717, 1.165) is 39.1 Å². The molecule has 0 bridgehead atoms. The molecule has 1 unspecified atom stereocenters. The molecule has 1 saturated heterocycles. The summed E-state index contributed by atoms with van der Waals surface area (Å²) in [4.78, 5) is 2.43. The van der Waals surface area contributed by atoms with E-state index in [1.165, 1.54) is 0 Å². The van der Waals surface area contributed by atoms with Crippen LogP contribution in [0.25, 0.3) is 0 Å². The SMILES string of the molecule is CCC1CN(CC(C)(C)N)CCCO1. The Balaban J connectivity index is 2.43. The van der Waals surface area contributed by atoms with E-state index >= 15 is 0 Å². The van der Waals surface area contributed by atoms with Crippen molar-refractivity contribution in [1.82, 2.24) is 4.90 Å². The van der Waals surface area contributed by atoms with E-state index in [-0.39, 0.29) is 5.54 Å². The number of nitrogens with two attached hydrogens (primary N) is 1. The molecule has 1 fully saturated rings. The predicted octanol–water partition coefficient (Wildman–Crippen LogP) is 1.22. The average molecular weight is 200 g/mol. The van der Waals surface area contributed by atoms with Crippen LogP contribution in [-0.2, 0) is 4.74 Å². The van der Waals surface area contributed by atoms with Crippen LogP contribution in [0.4, 0.5) is 0 Å². The van der Waals surface area contributed by atoms with E-state index in [9.17, 15) is 0 Å². The van der Waals surface area contributed by atoms with Crippen molar-refractivity contribution in [3.05, 3.63) is 0 Å². The third kappa shape index (κ3) is 4.40. The molecular weight excluding hydrogens is 176 g/mol. The van der Waals surface area contributed by atoms with Gasteiger partial charge in [0.1, 0.15) is 0 Å². The van der Waals surface area contributed by atoms with Crippen molar-refractivity contribution in [3.8, 4) is 0 Å². The summed E-state index contributed by atoms with van der Waals surface area (Å²) >= 11 is 0. The van der Waals surface area contributed by atoms with Gasteiger partial charge >= 0.3 is 0 Å². The molecule has 1 atom stereocenters. The highest BCUT2D eigenvalue weighted by Crippen LogP contribution is 2.11. The van der Waals surface area contributed by atoms with Gasteiger partial charge in [-0.1, -0.05) is 6.92 Å². The Morgan fingerprint density at radius 1 is 1.50 bits per heavy atom. The first kappa shape index (κ1) is 12.0. The fraction of sp³-hybridized carbons (Fsp3) is 1.00. The van der Waals surface area contributed by atoms with Crippen LogP contribution in [-0.4, -0.2) is 42.8 Å². The molecule has 1 rings (SSSR count). The Morgan fingerprint density at radius 3 is 2.79 bits per heavy atom. The Morgan fingerprint density at radius 2 is 2.21 bits per heavy atom. The zero-order valence-electron chi connectivity index (χ0n) is 9.75. The number of hydrogen-bond donors (Lipinski definition) is 1. The van der Waals surface area contributed by atoms with Crippen LogP contribution in [0.2, 0.25) is 0 Å². The van der Waals surface area contributed by atoms with Crippen molar-refractivity contribution in [3.63, 3.8) is 0 Å². The first-order chi connectivity index (χ1) is 6.51. The number of ether oxygens (including phenoxy) is 1. The second-order valence-corrected chi connectivity index (χ2v) is 4.98. The van der Waals surface area contributed by atoms with Gasteiger partial charge in [0.05, 0.1) is 6.10 Å². The maximum atomic E-state index is 6.02. The molecule has 0 spiro atoms. The summed E-state index contributed by atoms with van der Waals surface area (Å²) in [5.74, 6) is 0. The molecule has 2 N–H and O–H groups in total. The summed E-state index contributed by atoms with van der Waals surface area (Å²) in [5.41, 5.74) is 5.93. The Labute approximate surface area is 87.6 Å². The van der Waals surface area contributed by atoms with Crippen molar-refractivity contribution < 1.29 is 4.74 Å². The summed E-state index contributed by atoms with van der Waals surface area (Å²) in [6, 6.07) is 0. The van der Waals surface area contributed by atoms with Crippen LogP contribution < -0.4 is 5.73 Å². The molecular formula is C11H24N2O. The molecule has 84 valence electrons. The minimum Gasteiger partial charge on any atom is -0.377 e. The Kier molecular flexibility index (Phi) is 4.35. The molecule has 14 heavy (non-hydrogen) atoms. The second kappa shape index (κ2) is 5.10. The molecule has 1 aliphatic heterocycles. The van der Waals surface area contributed by atoms with E-state index in [4.69, 9.17) is 10.5 Å². The largest absolute Gasteiger partial charge is 0.377 e. The zero-order chi connectivity index (χ0) is 10.6. The van der Waals surface area contributed by atoms with Gasteiger partial charge in [-0.15, -0.1) is 0 Å². The highest BCUT2D eigenvalue weighted by atomic mass is 16.5. The third-order valence-electron chi connectivity index (χ3n) is 2.52.